The number of hydrogen-bond acceptors (Lipinski definition) is 4. The van der Waals surface area contributed by atoms with Crippen molar-refractivity contribution in [3.63, 3.8) is 0 Å². The number of rotatable bonds is 3. The van der Waals surface area contributed by atoms with Crippen LogP contribution < -0.4 is 0 Å². The topological polar surface area (TPSA) is 80.7 Å². The molecule has 38 heavy (non-hydrogen) atoms. The molecule has 0 aromatic heterocycles. The van der Waals surface area contributed by atoms with Crippen LogP contribution in [0.5, 0.6) is 0 Å². The summed E-state index contributed by atoms with van der Waals surface area (Å²) in [5.41, 5.74) is 1.26. The average Bonchev–Trinajstić information content (AvgIpc) is 3.40. The molecule has 0 aromatic rings. The Balaban J connectivity index is 1.27. The highest BCUT2D eigenvalue weighted by molar-refractivity contribution is 5.95. The molecule has 0 bridgehead atoms. The predicted molar refractivity (Wildman–Crippen MR) is 145 cm³/mol. The lowest BCUT2D eigenvalue weighted by Crippen LogP contribution is -2.62. The number of ether oxygens (including phenoxy) is 1. The number of ketones is 1. The number of aliphatic carboxylic acids is 1. The van der Waals surface area contributed by atoms with Crippen molar-refractivity contribution in [2.75, 3.05) is 0 Å². The van der Waals surface area contributed by atoms with E-state index < -0.39 is 5.97 Å². The van der Waals surface area contributed by atoms with Gasteiger partial charge in [-0.3, -0.25) is 14.4 Å². The molecule has 5 saturated carbocycles. The van der Waals surface area contributed by atoms with Crippen LogP contribution in [-0.2, 0) is 19.1 Å². The summed E-state index contributed by atoms with van der Waals surface area (Å²) in [7, 11) is 0. The molecule has 0 heterocycles. The van der Waals surface area contributed by atoms with Crippen molar-refractivity contribution in [3.8, 4) is 0 Å². The van der Waals surface area contributed by atoms with E-state index in [1.54, 1.807) is 0 Å². The lowest BCUT2D eigenvalue weighted by atomic mass is 9.38. The molecule has 5 nitrogen and oxygen atoms in total. The fourth-order valence-electron chi connectivity index (χ4n) is 11.1. The summed E-state index contributed by atoms with van der Waals surface area (Å²) in [5, 5.41) is 9.81. The Bertz CT molecular complexity index is 1040. The molecule has 0 aliphatic heterocycles. The van der Waals surface area contributed by atoms with Gasteiger partial charge in [0.25, 0.3) is 0 Å². The van der Waals surface area contributed by atoms with E-state index in [0.29, 0.717) is 24.0 Å². The van der Waals surface area contributed by atoms with Gasteiger partial charge < -0.3 is 9.84 Å². The SMILES string of the molecule is CC1C(OC(=O)C2CCCC2)CCC2(C)C1CCC1(C)C3CCC4(C)CCC(C(=O)O)CC4C3=CC(=O)C12. The second kappa shape index (κ2) is 9.20. The Kier molecular flexibility index (Phi) is 6.43. The highest BCUT2D eigenvalue weighted by Crippen LogP contribution is 2.69. The van der Waals surface area contributed by atoms with Crippen molar-refractivity contribution in [3.05, 3.63) is 11.6 Å². The smallest absolute Gasteiger partial charge is 0.309 e. The quantitative estimate of drug-likeness (QED) is 0.403. The van der Waals surface area contributed by atoms with Crippen LogP contribution in [0, 0.1) is 57.7 Å². The number of esters is 1. The Labute approximate surface area is 228 Å². The van der Waals surface area contributed by atoms with Crippen LogP contribution in [0.3, 0.4) is 0 Å². The molecule has 6 rings (SSSR count). The van der Waals surface area contributed by atoms with E-state index in [-0.39, 0.29) is 57.9 Å². The van der Waals surface area contributed by atoms with Gasteiger partial charge in [-0.05, 0) is 117 Å². The van der Waals surface area contributed by atoms with E-state index in [2.05, 4.69) is 27.7 Å². The first-order chi connectivity index (χ1) is 18.0. The molecule has 0 spiro atoms. The zero-order valence-corrected chi connectivity index (χ0v) is 24.0. The summed E-state index contributed by atoms with van der Waals surface area (Å²) in [6.45, 7) is 9.38. The maximum Gasteiger partial charge on any atom is 0.309 e. The Hall–Kier alpha value is -1.65. The number of fused-ring (bicyclic) bond motifs is 7. The monoisotopic (exact) mass is 524 g/mol. The Morgan fingerprint density at radius 2 is 1.55 bits per heavy atom. The van der Waals surface area contributed by atoms with E-state index in [9.17, 15) is 19.5 Å². The van der Waals surface area contributed by atoms with Gasteiger partial charge in [-0.15, -0.1) is 0 Å². The van der Waals surface area contributed by atoms with Crippen molar-refractivity contribution in [2.45, 2.75) is 117 Å². The van der Waals surface area contributed by atoms with Crippen LogP contribution in [0.15, 0.2) is 11.6 Å². The van der Waals surface area contributed by atoms with Crippen LogP contribution in [0.1, 0.15) is 111 Å². The molecule has 5 fully saturated rings. The van der Waals surface area contributed by atoms with Gasteiger partial charge >= 0.3 is 11.9 Å². The molecular formula is C33H48O5. The molecule has 0 saturated heterocycles. The first kappa shape index (κ1) is 26.6. The summed E-state index contributed by atoms with van der Waals surface area (Å²) in [5.74, 6) is 0.683. The highest BCUT2D eigenvalue weighted by atomic mass is 16.5. The largest absolute Gasteiger partial charge is 0.481 e. The molecule has 10 unspecified atom stereocenters. The summed E-state index contributed by atoms with van der Waals surface area (Å²) < 4.78 is 6.17. The van der Waals surface area contributed by atoms with Crippen molar-refractivity contribution in [1.82, 2.24) is 0 Å². The van der Waals surface area contributed by atoms with Crippen LogP contribution >= 0.6 is 0 Å². The molecule has 5 heteroatoms. The molecule has 6 aliphatic carbocycles. The van der Waals surface area contributed by atoms with Gasteiger partial charge in [0.1, 0.15) is 6.10 Å². The number of carbonyl (C=O) groups excluding carboxylic acids is 2. The molecule has 210 valence electrons. The maximum atomic E-state index is 14.2. The van der Waals surface area contributed by atoms with Crippen molar-refractivity contribution < 1.29 is 24.2 Å². The van der Waals surface area contributed by atoms with Gasteiger partial charge in [0.15, 0.2) is 5.78 Å². The number of hydrogen-bond donors (Lipinski definition) is 1. The normalized spacial score (nSPS) is 48.7. The van der Waals surface area contributed by atoms with Gasteiger partial charge in [-0.25, -0.2) is 0 Å². The lowest BCUT2D eigenvalue weighted by molar-refractivity contribution is -0.184. The number of carboxylic acid groups (broad SMARTS) is 1. The summed E-state index contributed by atoms with van der Waals surface area (Å²) in [6.07, 6.45) is 14.8. The van der Waals surface area contributed by atoms with E-state index in [1.165, 1.54) is 5.57 Å². The van der Waals surface area contributed by atoms with Crippen LogP contribution in [0.25, 0.3) is 0 Å². The van der Waals surface area contributed by atoms with Crippen molar-refractivity contribution >= 4 is 17.7 Å². The molecule has 0 amide bonds. The number of carbonyl (C=O) groups is 3. The third-order valence-electron chi connectivity index (χ3n) is 13.3. The minimum absolute atomic E-state index is 0.000323. The minimum Gasteiger partial charge on any atom is -0.481 e. The first-order valence-corrected chi connectivity index (χ1v) is 15.7. The zero-order chi connectivity index (χ0) is 27.0. The number of allylic oxidation sites excluding steroid dienone is 2. The van der Waals surface area contributed by atoms with Gasteiger partial charge in [-0.1, -0.05) is 46.1 Å². The van der Waals surface area contributed by atoms with Crippen molar-refractivity contribution in [1.29, 1.82) is 0 Å². The minimum atomic E-state index is -0.673. The standard InChI is InChI=1S/C33H48O5/c1-19-23-11-15-33(4)24-10-14-31(2)13-9-21(29(35)36)17-25(31)22(24)18-26(34)28(33)32(23,3)16-12-27(19)38-30(37)20-7-5-6-8-20/h18-21,23-25,27-28H,5-17H2,1-4H3,(H,35,36). The van der Waals surface area contributed by atoms with E-state index >= 15 is 0 Å². The summed E-state index contributed by atoms with van der Waals surface area (Å²) in [4.78, 5) is 39.0. The molecule has 0 radical (unpaired) electrons. The van der Waals surface area contributed by atoms with Crippen LogP contribution in [-0.4, -0.2) is 28.9 Å². The van der Waals surface area contributed by atoms with Crippen LogP contribution in [0.4, 0.5) is 0 Å². The molecular weight excluding hydrogens is 476 g/mol. The first-order valence-electron chi connectivity index (χ1n) is 15.7. The Morgan fingerprint density at radius 1 is 0.868 bits per heavy atom. The highest BCUT2D eigenvalue weighted by Gasteiger charge is 2.65. The molecule has 10 atom stereocenters. The van der Waals surface area contributed by atoms with Gasteiger partial charge in [0.2, 0.25) is 0 Å². The van der Waals surface area contributed by atoms with Gasteiger partial charge in [0.05, 0.1) is 11.8 Å². The lowest BCUT2D eigenvalue weighted by Gasteiger charge is -2.65. The zero-order valence-electron chi connectivity index (χ0n) is 24.0. The maximum absolute atomic E-state index is 14.2. The van der Waals surface area contributed by atoms with E-state index in [4.69, 9.17) is 4.74 Å². The third kappa shape index (κ3) is 3.87. The van der Waals surface area contributed by atoms with Crippen molar-refractivity contribution in [2.24, 2.45) is 57.7 Å². The predicted octanol–water partition coefficient (Wildman–Crippen LogP) is 6.98. The van der Waals surface area contributed by atoms with E-state index in [1.807, 2.05) is 6.08 Å². The molecule has 0 aromatic carbocycles. The summed E-state index contributed by atoms with van der Waals surface area (Å²) >= 11 is 0. The third-order valence-corrected chi connectivity index (χ3v) is 13.3. The fourth-order valence-corrected chi connectivity index (χ4v) is 11.1. The second-order valence-corrected chi connectivity index (χ2v) is 15.1. The van der Waals surface area contributed by atoms with E-state index in [0.717, 1.165) is 77.0 Å². The van der Waals surface area contributed by atoms with Crippen LogP contribution in [0.2, 0.25) is 0 Å². The Morgan fingerprint density at radius 3 is 2.26 bits per heavy atom. The summed E-state index contributed by atoms with van der Waals surface area (Å²) in [6, 6.07) is 0. The molecule has 1 N–H and O–H groups in total. The fraction of sp³-hybridized carbons (Fsp3) is 0.848. The van der Waals surface area contributed by atoms with Gasteiger partial charge in [-0.2, -0.15) is 0 Å². The second-order valence-electron chi connectivity index (χ2n) is 15.1. The molecule has 6 aliphatic rings. The average molecular weight is 525 g/mol. The van der Waals surface area contributed by atoms with Gasteiger partial charge in [0, 0.05) is 5.92 Å². The number of carboxylic acids is 1.